The van der Waals surface area contributed by atoms with E-state index in [1.807, 2.05) is 0 Å². The highest BCUT2D eigenvalue weighted by Gasteiger charge is 2.09. The Labute approximate surface area is 104 Å². The van der Waals surface area contributed by atoms with E-state index in [9.17, 15) is 0 Å². The van der Waals surface area contributed by atoms with Gasteiger partial charge >= 0.3 is 0 Å². The normalized spacial score (nSPS) is 15.2. The molecule has 0 unspecified atom stereocenters. The van der Waals surface area contributed by atoms with E-state index in [-0.39, 0.29) is 0 Å². The summed E-state index contributed by atoms with van der Waals surface area (Å²) < 4.78 is 5.73. The van der Waals surface area contributed by atoms with Crippen molar-refractivity contribution in [1.82, 2.24) is 5.32 Å². The third kappa shape index (κ3) is 3.74. The van der Waals surface area contributed by atoms with E-state index in [4.69, 9.17) is 4.74 Å². The lowest BCUT2D eigenvalue weighted by molar-refractivity contribution is 0.317. The fourth-order valence-electron chi connectivity index (χ4n) is 2.18. The largest absolute Gasteiger partial charge is 0.493 e. The summed E-state index contributed by atoms with van der Waals surface area (Å²) >= 11 is 0. The Balaban J connectivity index is 1.97. The molecule has 2 nitrogen and oxygen atoms in total. The summed E-state index contributed by atoms with van der Waals surface area (Å²) in [6.45, 7) is 7.38. The molecule has 0 radical (unpaired) electrons. The standard InChI is InChI=1S/C15H23NO/c1-12(2)10-16-11-13-6-7-15-14(9-13)5-3-4-8-17-15/h6-7,9,12,16H,3-5,8,10-11H2,1-2H3. The van der Waals surface area contributed by atoms with Crippen LogP contribution in [-0.4, -0.2) is 13.2 Å². The van der Waals surface area contributed by atoms with Crippen LogP contribution in [0.25, 0.3) is 0 Å². The van der Waals surface area contributed by atoms with Crippen molar-refractivity contribution >= 4 is 0 Å². The van der Waals surface area contributed by atoms with Gasteiger partial charge in [0.05, 0.1) is 6.61 Å². The number of aryl methyl sites for hydroxylation is 1. The van der Waals surface area contributed by atoms with E-state index in [1.54, 1.807) is 0 Å². The highest BCUT2D eigenvalue weighted by Crippen LogP contribution is 2.25. The monoisotopic (exact) mass is 233 g/mol. The van der Waals surface area contributed by atoms with Gasteiger partial charge in [-0.2, -0.15) is 0 Å². The number of nitrogens with one attached hydrogen (secondary N) is 1. The van der Waals surface area contributed by atoms with Gasteiger partial charge < -0.3 is 10.1 Å². The molecular formula is C15H23NO. The average molecular weight is 233 g/mol. The maximum absolute atomic E-state index is 5.73. The van der Waals surface area contributed by atoms with Crippen LogP contribution in [0, 0.1) is 5.92 Å². The van der Waals surface area contributed by atoms with Crippen LogP contribution in [0.3, 0.4) is 0 Å². The molecule has 1 N–H and O–H groups in total. The van der Waals surface area contributed by atoms with Crippen LogP contribution >= 0.6 is 0 Å². The lowest BCUT2D eigenvalue weighted by Crippen LogP contribution is -2.19. The van der Waals surface area contributed by atoms with Gasteiger partial charge in [-0.15, -0.1) is 0 Å². The first kappa shape index (κ1) is 12.4. The van der Waals surface area contributed by atoms with Crippen molar-refractivity contribution in [3.63, 3.8) is 0 Å². The van der Waals surface area contributed by atoms with Crippen LogP contribution < -0.4 is 10.1 Å². The minimum Gasteiger partial charge on any atom is -0.493 e. The van der Waals surface area contributed by atoms with Gasteiger partial charge in [0.25, 0.3) is 0 Å². The van der Waals surface area contributed by atoms with Gasteiger partial charge in [-0.25, -0.2) is 0 Å². The molecule has 0 aromatic heterocycles. The lowest BCUT2D eigenvalue weighted by atomic mass is 10.0. The summed E-state index contributed by atoms with van der Waals surface area (Å²) in [5, 5.41) is 3.48. The van der Waals surface area contributed by atoms with Crippen molar-refractivity contribution in [3.05, 3.63) is 29.3 Å². The predicted molar refractivity (Wildman–Crippen MR) is 71.4 cm³/mol. The maximum Gasteiger partial charge on any atom is 0.122 e. The molecule has 2 heteroatoms. The second-order valence-electron chi connectivity index (χ2n) is 5.27. The van der Waals surface area contributed by atoms with Gasteiger partial charge in [0.2, 0.25) is 0 Å². The van der Waals surface area contributed by atoms with E-state index >= 15 is 0 Å². The molecule has 0 aliphatic carbocycles. The molecule has 0 bridgehead atoms. The summed E-state index contributed by atoms with van der Waals surface area (Å²) in [5.74, 6) is 1.80. The summed E-state index contributed by atoms with van der Waals surface area (Å²) in [7, 11) is 0. The van der Waals surface area contributed by atoms with Crippen molar-refractivity contribution in [2.24, 2.45) is 5.92 Å². The van der Waals surface area contributed by atoms with E-state index in [2.05, 4.69) is 37.4 Å². The van der Waals surface area contributed by atoms with Crippen molar-refractivity contribution in [2.45, 2.75) is 39.7 Å². The van der Waals surface area contributed by atoms with E-state index in [0.29, 0.717) is 5.92 Å². The molecule has 1 heterocycles. The minimum atomic E-state index is 0.708. The van der Waals surface area contributed by atoms with Gasteiger partial charge in [0.1, 0.15) is 5.75 Å². The predicted octanol–water partition coefficient (Wildman–Crippen LogP) is 3.15. The molecule has 1 aromatic carbocycles. The van der Waals surface area contributed by atoms with E-state index < -0.39 is 0 Å². The van der Waals surface area contributed by atoms with Crippen molar-refractivity contribution in [2.75, 3.05) is 13.2 Å². The Kier molecular flexibility index (Phi) is 4.43. The van der Waals surface area contributed by atoms with Crippen LogP contribution in [0.5, 0.6) is 5.75 Å². The summed E-state index contributed by atoms with van der Waals surface area (Å²) in [6, 6.07) is 6.61. The third-order valence-corrected chi connectivity index (χ3v) is 3.10. The topological polar surface area (TPSA) is 21.3 Å². The van der Waals surface area contributed by atoms with Crippen LogP contribution in [0.1, 0.15) is 37.8 Å². The Hall–Kier alpha value is -1.02. The molecule has 2 rings (SSSR count). The first-order chi connectivity index (χ1) is 8.25. The molecule has 0 spiro atoms. The number of ether oxygens (including phenoxy) is 1. The zero-order valence-electron chi connectivity index (χ0n) is 11.0. The van der Waals surface area contributed by atoms with Crippen LogP contribution in [-0.2, 0) is 13.0 Å². The zero-order chi connectivity index (χ0) is 12.1. The molecule has 17 heavy (non-hydrogen) atoms. The van der Waals surface area contributed by atoms with E-state index in [1.165, 1.54) is 24.0 Å². The van der Waals surface area contributed by atoms with Crippen molar-refractivity contribution in [3.8, 4) is 5.75 Å². The summed E-state index contributed by atoms with van der Waals surface area (Å²) in [5.41, 5.74) is 2.75. The van der Waals surface area contributed by atoms with Gasteiger partial charge in [-0.3, -0.25) is 0 Å². The molecule has 1 aromatic rings. The van der Waals surface area contributed by atoms with Gasteiger partial charge in [0.15, 0.2) is 0 Å². The number of benzene rings is 1. The van der Waals surface area contributed by atoms with Crippen LogP contribution in [0.4, 0.5) is 0 Å². The third-order valence-electron chi connectivity index (χ3n) is 3.10. The van der Waals surface area contributed by atoms with E-state index in [0.717, 1.165) is 31.9 Å². The Morgan fingerprint density at radius 2 is 2.18 bits per heavy atom. The number of hydrogen-bond acceptors (Lipinski definition) is 2. The molecule has 1 aliphatic heterocycles. The second kappa shape index (κ2) is 6.06. The molecule has 0 amide bonds. The Bertz CT molecular complexity index is 360. The highest BCUT2D eigenvalue weighted by atomic mass is 16.5. The quantitative estimate of drug-likeness (QED) is 0.862. The SMILES string of the molecule is CC(C)CNCc1ccc2c(c1)CCCCO2. The molecular weight excluding hydrogens is 210 g/mol. The fourth-order valence-corrected chi connectivity index (χ4v) is 2.18. The number of fused-ring (bicyclic) bond motifs is 1. The number of hydrogen-bond donors (Lipinski definition) is 1. The molecule has 94 valence electrons. The minimum absolute atomic E-state index is 0.708. The maximum atomic E-state index is 5.73. The molecule has 0 saturated carbocycles. The Morgan fingerprint density at radius 1 is 1.29 bits per heavy atom. The van der Waals surface area contributed by atoms with Gasteiger partial charge in [-0.1, -0.05) is 26.0 Å². The molecule has 1 aliphatic rings. The highest BCUT2D eigenvalue weighted by molar-refractivity contribution is 5.38. The van der Waals surface area contributed by atoms with Crippen LogP contribution in [0.2, 0.25) is 0 Å². The Morgan fingerprint density at radius 3 is 3.00 bits per heavy atom. The second-order valence-corrected chi connectivity index (χ2v) is 5.27. The smallest absolute Gasteiger partial charge is 0.122 e. The lowest BCUT2D eigenvalue weighted by Gasteiger charge is -2.11. The molecule has 0 fully saturated rings. The first-order valence-corrected chi connectivity index (χ1v) is 6.71. The zero-order valence-corrected chi connectivity index (χ0v) is 11.0. The first-order valence-electron chi connectivity index (χ1n) is 6.71. The summed E-state index contributed by atoms with van der Waals surface area (Å²) in [6.07, 6.45) is 3.58. The van der Waals surface area contributed by atoms with Crippen molar-refractivity contribution in [1.29, 1.82) is 0 Å². The average Bonchev–Trinajstić information content (AvgIpc) is 2.53. The molecule has 0 saturated heterocycles. The fraction of sp³-hybridized carbons (Fsp3) is 0.600. The van der Waals surface area contributed by atoms with Gasteiger partial charge in [0, 0.05) is 6.54 Å². The van der Waals surface area contributed by atoms with Gasteiger partial charge in [-0.05, 0) is 48.9 Å². The van der Waals surface area contributed by atoms with Crippen LogP contribution in [0.15, 0.2) is 18.2 Å². The molecule has 0 atom stereocenters. The van der Waals surface area contributed by atoms with Crippen molar-refractivity contribution < 1.29 is 4.74 Å². The number of rotatable bonds is 4. The summed E-state index contributed by atoms with van der Waals surface area (Å²) in [4.78, 5) is 0.